The molecule has 21 heavy (non-hydrogen) atoms. The third kappa shape index (κ3) is 4.23. The van der Waals surface area contributed by atoms with Crippen LogP contribution in [0.15, 0.2) is 23.4 Å². The third-order valence-corrected chi connectivity index (χ3v) is 3.59. The second-order valence-corrected chi connectivity index (χ2v) is 5.22. The minimum Gasteiger partial charge on any atom is -0.329 e. The van der Waals surface area contributed by atoms with Crippen molar-refractivity contribution in [3.63, 3.8) is 0 Å². The Morgan fingerprint density at radius 1 is 1.52 bits per heavy atom. The van der Waals surface area contributed by atoms with Crippen LogP contribution in [0.3, 0.4) is 0 Å². The number of benzene rings is 1. The molecule has 0 fully saturated rings. The molecule has 2 aromatic rings. The molecule has 0 unspecified atom stereocenters. The number of aromatic nitrogens is 4. The second kappa shape index (κ2) is 7.14. The molecule has 0 aliphatic rings. The molecule has 7 nitrogen and oxygen atoms in total. The number of nitrogens with two attached hydrogens (primary N) is 1. The van der Waals surface area contributed by atoms with E-state index in [0.717, 1.165) is 0 Å². The zero-order chi connectivity index (χ0) is 15.2. The number of nitrogens with zero attached hydrogens (tertiary/aromatic N) is 4. The van der Waals surface area contributed by atoms with Crippen LogP contribution in [-0.4, -0.2) is 38.4 Å². The molecule has 1 heterocycles. The maximum absolute atomic E-state index is 13.4. The summed E-state index contributed by atoms with van der Waals surface area (Å²) in [5, 5.41) is 14.2. The van der Waals surface area contributed by atoms with Gasteiger partial charge in [-0.3, -0.25) is 4.79 Å². The molecule has 9 heteroatoms. The first kappa shape index (κ1) is 15.4. The van der Waals surface area contributed by atoms with Crippen LogP contribution >= 0.6 is 11.8 Å². The Morgan fingerprint density at radius 3 is 3.05 bits per heavy atom. The lowest BCUT2D eigenvalue weighted by Gasteiger charge is -2.06. The Morgan fingerprint density at radius 2 is 2.33 bits per heavy atom. The van der Waals surface area contributed by atoms with E-state index in [1.54, 1.807) is 19.1 Å². The largest absolute Gasteiger partial charge is 0.329 e. The van der Waals surface area contributed by atoms with Crippen LogP contribution in [0.1, 0.15) is 5.56 Å². The first-order valence-electron chi connectivity index (χ1n) is 6.25. The van der Waals surface area contributed by atoms with Gasteiger partial charge in [-0.25, -0.2) is 9.07 Å². The Hall–Kier alpha value is -2.00. The summed E-state index contributed by atoms with van der Waals surface area (Å²) in [6.07, 6.45) is 0. The number of thioether (sulfide) groups is 1. The number of carbonyl (C=O) groups excluding carboxylic acids is 1. The predicted octanol–water partition coefficient (Wildman–Crippen LogP) is 0.810. The molecule has 0 radical (unpaired) electrons. The van der Waals surface area contributed by atoms with Crippen molar-refractivity contribution in [1.82, 2.24) is 20.2 Å². The van der Waals surface area contributed by atoms with Crippen molar-refractivity contribution in [1.29, 1.82) is 0 Å². The number of hydrogen-bond donors (Lipinski definition) is 2. The third-order valence-electron chi connectivity index (χ3n) is 2.63. The second-order valence-electron chi connectivity index (χ2n) is 4.27. The van der Waals surface area contributed by atoms with Gasteiger partial charge in [0.15, 0.2) is 0 Å². The molecule has 0 aliphatic heterocycles. The van der Waals surface area contributed by atoms with Gasteiger partial charge in [0, 0.05) is 12.2 Å². The monoisotopic (exact) mass is 310 g/mol. The lowest BCUT2D eigenvalue weighted by Crippen LogP contribution is -2.16. The fraction of sp³-hybridized carbons (Fsp3) is 0.333. The van der Waals surface area contributed by atoms with E-state index in [1.807, 2.05) is 0 Å². The van der Waals surface area contributed by atoms with Crippen molar-refractivity contribution in [3.8, 4) is 0 Å². The lowest BCUT2D eigenvalue weighted by atomic mass is 10.2. The molecule has 3 N–H and O–H groups in total. The van der Waals surface area contributed by atoms with Gasteiger partial charge in [0.05, 0.1) is 12.3 Å². The van der Waals surface area contributed by atoms with E-state index in [-0.39, 0.29) is 17.5 Å². The quantitative estimate of drug-likeness (QED) is 0.766. The number of tetrazole rings is 1. The van der Waals surface area contributed by atoms with Crippen LogP contribution in [0.2, 0.25) is 0 Å². The maximum Gasteiger partial charge on any atom is 0.234 e. The van der Waals surface area contributed by atoms with Gasteiger partial charge in [-0.15, -0.1) is 5.10 Å². The van der Waals surface area contributed by atoms with E-state index < -0.39 is 0 Å². The molecule has 0 saturated heterocycles. The highest BCUT2D eigenvalue weighted by Crippen LogP contribution is 2.16. The molecule has 0 bridgehead atoms. The molecular weight excluding hydrogens is 295 g/mol. The molecule has 0 saturated carbocycles. The molecule has 1 amide bonds. The molecular formula is C12H15FN6OS. The summed E-state index contributed by atoms with van der Waals surface area (Å²) in [7, 11) is 0. The summed E-state index contributed by atoms with van der Waals surface area (Å²) in [6, 6.07) is 4.55. The summed E-state index contributed by atoms with van der Waals surface area (Å²) < 4.78 is 14.9. The Kier molecular flexibility index (Phi) is 5.23. The number of amides is 1. The maximum atomic E-state index is 13.4. The number of anilines is 1. The highest BCUT2D eigenvalue weighted by Gasteiger charge is 2.10. The molecule has 1 aromatic heterocycles. The van der Waals surface area contributed by atoms with Crippen molar-refractivity contribution in [3.05, 3.63) is 29.6 Å². The summed E-state index contributed by atoms with van der Waals surface area (Å²) in [4.78, 5) is 11.8. The molecule has 0 spiro atoms. The SMILES string of the molecule is Cc1ccc(NC(=O)CSc2nnnn2CCN)cc1F. The first-order chi connectivity index (χ1) is 10.1. The van der Waals surface area contributed by atoms with Gasteiger partial charge in [-0.2, -0.15) is 0 Å². The van der Waals surface area contributed by atoms with Crippen LogP contribution in [-0.2, 0) is 11.3 Å². The topological polar surface area (TPSA) is 98.7 Å². The van der Waals surface area contributed by atoms with Crippen molar-refractivity contribution < 1.29 is 9.18 Å². The van der Waals surface area contributed by atoms with Crippen LogP contribution < -0.4 is 11.1 Å². The predicted molar refractivity (Wildman–Crippen MR) is 77.4 cm³/mol. The van der Waals surface area contributed by atoms with Crippen LogP contribution in [0.5, 0.6) is 0 Å². The van der Waals surface area contributed by atoms with Crippen molar-refractivity contribution in [2.75, 3.05) is 17.6 Å². The molecule has 0 atom stereocenters. The fourth-order valence-electron chi connectivity index (χ4n) is 1.56. The van der Waals surface area contributed by atoms with Crippen LogP contribution in [0.4, 0.5) is 10.1 Å². The summed E-state index contributed by atoms with van der Waals surface area (Å²) >= 11 is 1.19. The smallest absolute Gasteiger partial charge is 0.234 e. The van der Waals surface area contributed by atoms with Crippen molar-refractivity contribution >= 4 is 23.4 Å². The zero-order valence-corrected chi connectivity index (χ0v) is 12.2. The van der Waals surface area contributed by atoms with Crippen molar-refractivity contribution in [2.45, 2.75) is 18.6 Å². The number of rotatable bonds is 6. The average Bonchev–Trinajstić information content (AvgIpc) is 2.89. The minimum absolute atomic E-state index is 0.125. The van der Waals surface area contributed by atoms with Gasteiger partial charge < -0.3 is 11.1 Å². The Labute approximate surface area is 125 Å². The van der Waals surface area contributed by atoms with Gasteiger partial charge in [0.2, 0.25) is 11.1 Å². The Bertz CT molecular complexity index is 632. The number of hydrogen-bond acceptors (Lipinski definition) is 6. The standard InChI is InChI=1S/C12H15FN6OS/c1-8-2-3-9(6-10(8)13)15-11(20)7-21-12-16-17-18-19(12)5-4-14/h2-3,6H,4-5,7,14H2,1H3,(H,15,20). The first-order valence-corrected chi connectivity index (χ1v) is 7.23. The normalized spacial score (nSPS) is 10.6. The highest BCUT2D eigenvalue weighted by atomic mass is 32.2. The van der Waals surface area contributed by atoms with Gasteiger partial charge >= 0.3 is 0 Å². The molecule has 2 rings (SSSR count). The minimum atomic E-state index is -0.354. The van der Waals surface area contributed by atoms with Crippen molar-refractivity contribution in [2.24, 2.45) is 5.73 Å². The molecule has 0 aliphatic carbocycles. The Balaban J connectivity index is 1.89. The number of nitrogens with one attached hydrogen (secondary N) is 1. The molecule has 112 valence electrons. The van der Waals surface area contributed by atoms with E-state index in [0.29, 0.717) is 29.5 Å². The van der Waals surface area contributed by atoms with Gasteiger partial charge in [0.25, 0.3) is 0 Å². The van der Waals surface area contributed by atoms with Crippen LogP contribution in [0, 0.1) is 12.7 Å². The average molecular weight is 310 g/mol. The summed E-state index contributed by atoms with van der Waals surface area (Å²) in [5.74, 6) is -0.488. The van der Waals surface area contributed by atoms with Gasteiger partial charge in [-0.05, 0) is 35.0 Å². The van der Waals surface area contributed by atoms with E-state index in [4.69, 9.17) is 5.73 Å². The van der Waals surface area contributed by atoms with Gasteiger partial charge in [-0.1, -0.05) is 17.8 Å². The van der Waals surface area contributed by atoms with E-state index in [2.05, 4.69) is 20.8 Å². The summed E-state index contributed by atoms with van der Waals surface area (Å²) in [6.45, 7) is 2.56. The number of carbonyl (C=O) groups is 1. The zero-order valence-electron chi connectivity index (χ0n) is 11.4. The van der Waals surface area contributed by atoms with Crippen LogP contribution in [0.25, 0.3) is 0 Å². The summed E-state index contributed by atoms with van der Waals surface area (Å²) in [5.41, 5.74) is 6.39. The van der Waals surface area contributed by atoms with E-state index in [9.17, 15) is 9.18 Å². The highest BCUT2D eigenvalue weighted by molar-refractivity contribution is 7.99. The molecule has 1 aromatic carbocycles. The number of halogens is 1. The van der Waals surface area contributed by atoms with E-state index in [1.165, 1.54) is 22.5 Å². The van der Waals surface area contributed by atoms with E-state index >= 15 is 0 Å². The lowest BCUT2D eigenvalue weighted by molar-refractivity contribution is -0.113. The van der Waals surface area contributed by atoms with Gasteiger partial charge in [0.1, 0.15) is 5.82 Å². The number of aryl methyl sites for hydroxylation is 1. The fourth-order valence-corrected chi connectivity index (χ4v) is 2.26.